The van der Waals surface area contributed by atoms with Crippen LogP contribution in [0.1, 0.15) is 0 Å². The van der Waals surface area contributed by atoms with E-state index in [0.29, 0.717) is 39.7 Å². The van der Waals surface area contributed by atoms with E-state index in [-0.39, 0.29) is 11.4 Å². The molecule has 0 aliphatic carbocycles. The van der Waals surface area contributed by atoms with Crippen LogP contribution in [0.15, 0.2) is 64.8 Å². The number of thioether (sulfide) groups is 1. The van der Waals surface area contributed by atoms with Crippen molar-refractivity contribution in [2.45, 2.75) is 11.7 Å². The number of aromatic amines is 1. The third-order valence-corrected chi connectivity index (χ3v) is 4.69. The smallest absolute Gasteiger partial charge is 0.261 e. The summed E-state index contributed by atoms with van der Waals surface area (Å²) in [6.07, 6.45) is 1.56. The zero-order chi connectivity index (χ0) is 17.9. The average Bonchev–Trinajstić information content (AvgIpc) is 3.13. The largest absolute Gasteiger partial charge is 0.298 e. The molecule has 0 aliphatic heterocycles. The molecule has 0 radical (unpaired) electrons. The summed E-state index contributed by atoms with van der Waals surface area (Å²) in [4.78, 5) is 21.1. The van der Waals surface area contributed by atoms with Gasteiger partial charge in [0.2, 0.25) is 5.16 Å². The van der Waals surface area contributed by atoms with E-state index in [0.717, 1.165) is 0 Å². The van der Waals surface area contributed by atoms with Gasteiger partial charge in [0, 0.05) is 17.9 Å². The Bertz CT molecular complexity index is 1120. The number of benzene rings is 2. The van der Waals surface area contributed by atoms with Gasteiger partial charge in [0.15, 0.2) is 5.82 Å². The number of para-hydroxylation sites is 1. The summed E-state index contributed by atoms with van der Waals surface area (Å²) in [5.41, 5.74) is 1.26. The van der Waals surface area contributed by atoms with Gasteiger partial charge in [-0.25, -0.2) is 14.4 Å². The first-order valence-electron chi connectivity index (χ1n) is 7.96. The number of hydrogen-bond donors (Lipinski definition) is 1. The average molecular weight is 367 g/mol. The quantitative estimate of drug-likeness (QED) is 0.549. The number of H-pyrrole nitrogens is 1. The maximum absolute atomic E-state index is 13.3. The Hall–Kier alpha value is -3.00. The fraction of sp³-hybridized carbons (Fsp3) is 0.111. The van der Waals surface area contributed by atoms with E-state index >= 15 is 0 Å². The summed E-state index contributed by atoms with van der Waals surface area (Å²) < 4.78 is 14.9. The SMILES string of the molecule is O=c1c2ccccc2ncn1CCSc1n[nH]c(-c2cccc(F)c2)n1. The molecule has 0 amide bonds. The molecule has 2 aromatic carbocycles. The minimum atomic E-state index is -0.323. The van der Waals surface area contributed by atoms with Gasteiger partial charge in [-0.3, -0.25) is 14.5 Å². The van der Waals surface area contributed by atoms with Crippen LogP contribution in [0.5, 0.6) is 0 Å². The van der Waals surface area contributed by atoms with Crippen LogP contribution in [0.2, 0.25) is 0 Å². The molecule has 0 saturated heterocycles. The van der Waals surface area contributed by atoms with Crippen molar-refractivity contribution < 1.29 is 4.39 Å². The van der Waals surface area contributed by atoms with Crippen molar-refractivity contribution in [3.05, 3.63) is 71.0 Å². The fourth-order valence-corrected chi connectivity index (χ4v) is 3.31. The van der Waals surface area contributed by atoms with Crippen LogP contribution in [-0.2, 0) is 6.54 Å². The standard InChI is InChI=1S/C18H14FN5OS/c19-13-5-3-4-12(10-13)16-21-18(23-22-16)26-9-8-24-11-20-15-7-2-1-6-14(15)17(24)25/h1-7,10-11H,8-9H2,(H,21,22,23). The molecule has 6 nitrogen and oxygen atoms in total. The molecule has 0 atom stereocenters. The van der Waals surface area contributed by atoms with Gasteiger partial charge in [-0.1, -0.05) is 36.0 Å². The fourth-order valence-electron chi connectivity index (χ4n) is 2.58. The van der Waals surface area contributed by atoms with Crippen LogP contribution in [-0.4, -0.2) is 30.5 Å². The minimum absolute atomic E-state index is 0.0633. The number of rotatable bonds is 5. The Balaban J connectivity index is 1.44. The lowest BCUT2D eigenvalue weighted by atomic mass is 10.2. The molecule has 2 heterocycles. The van der Waals surface area contributed by atoms with E-state index in [1.54, 1.807) is 29.1 Å². The summed E-state index contributed by atoms with van der Waals surface area (Å²) in [5.74, 6) is 0.799. The second-order valence-electron chi connectivity index (χ2n) is 5.59. The van der Waals surface area contributed by atoms with Crippen molar-refractivity contribution in [1.29, 1.82) is 0 Å². The number of aryl methyl sites for hydroxylation is 1. The molecule has 2 aromatic heterocycles. The second kappa shape index (κ2) is 7.09. The van der Waals surface area contributed by atoms with Gasteiger partial charge in [-0.05, 0) is 24.3 Å². The van der Waals surface area contributed by atoms with Crippen molar-refractivity contribution in [1.82, 2.24) is 24.7 Å². The molecular formula is C18H14FN5OS. The number of nitrogens with zero attached hydrogens (tertiary/aromatic N) is 4. The summed E-state index contributed by atoms with van der Waals surface area (Å²) >= 11 is 1.41. The van der Waals surface area contributed by atoms with Crippen molar-refractivity contribution >= 4 is 22.7 Å². The highest BCUT2D eigenvalue weighted by Gasteiger charge is 2.08. The maximum atomic E-state index is 13.3. The van der Waals surface area contributed by atoms with Crippen molar-refractivity contribution in [2.75, 3.05) is 5.75 Å². The highest BCUT2D eigenvalue weighted by atomic mass is 32.2. The van der Waals surface area contributed by atoms with Gasteiger partial charge in [-0.15, -0.1) is 5.10 Å². The Morgan fingerprint density at radius 3 is 2.92 bits per heavy atom. The highest BCUT2D eigenvalue weighted by molar-refractivity contribution is 7.99. The zero-order valence-electron chi connectivity index (χ0n) is 13.6. The van der Waals surface area contributed by atoms with Crippen molar-refractivity contribution in [2.24, 2.45) is 0 Å². The normalized spacial score (nSPS) is 11.1. The summed E-state index contributed by atoms with van der Waals surface area (Å²) in [6, 6.07) is 13.4. The zero-order valence-corrected chi connectivity index (χ0v) is 14.4. The van der Waals surface area contributed by atoms with Crippen molar-refractivity contribution in [3.63, 3.8) is 0 Å². The third-order valence-electron chi connectivity index (χ3n) is 3.86. The molecule has 4 aromatic rings. The van der Waals surface area contributed by atoms with Crippen LogP contribution in [0.25, 0.3) is 22.3 Å². The van der Waals surface area contributed by atoms with Gasteiger partial charge in [-0.2, -0.15) is 0 Å². The first-order valence-corrected chi connectivity index (χ1v) is 8.94. The highest BCUT2D eigenvalue weighted by Crippen LogP contribution is 2.19. The lowest BCUT2D eigenvalue weighted by Gasteiger charge is -2.05. The van der Waals surface area contributed by atoms with Gasteiger partial charge < -0.3 is 0 Å². The Morgan fingerprint density at radius 2 is 2.04 bits per heavy atom. The van der Waals surface area contributed by atoms with E-state index in [4.69, 9.17) is 0 Å². The predicted molar refractivity (Wildman–Crippen MR) is 98.5 cm³/mol. The van der Waals surface area contributed by atoms with Crippen LogP contribution in [0.3, 0.4) is 0 Å². The minimum Gasteiger partial charge on any atom is -0.298 e. The monoisotopic (exact) mass is 367 g/mol. The van der Waals surface area contributed by atoms with Crippen LogP contribution >= 0.6 is 11.8 Å². The second-order valence-corrected chi connectivity index (χ2v) is 6.65. The molecule has 0 fully saturated rings. The number of hydrogen-bond acceptors (Lipinski definition) is 5. The predicted octanol–water partition coefficient (Wildman–Crippen LogP) is 3.11. The third kappa shape index (κ3) is 3.36. The van der Waals surface area contributed by atoms with Crippen LogP contribution in [0.4, 0.5) is 4.39 Å². The van der Waals surface area contributed by atoms with E-state index in [1.807, 2.05) is 18.2 Å². The Morgan fingerprint density at radius 1 is 1.15 bits per heavy atom. The van der Waals surface area contributed by atoms with Gasteiger partial charge in [0.1, 0.15) is 5.82 Å². The topological polar surface area (TPSA) is 76.5 Å². The maximum Gasteiger partial charge on any atom is 0.261 e. The Labute approximate surface area is 152 Å². The summed E-state index contributed by atoms with van der Waals surface area (Å²) in [7, 11) is 0. The molecule has 4 rings (SSSR count). The summed E-state index contributed by atoms with van der Waals surface area (Å²) in [5, 5.41) is 8.08. The van der Waals surface area contributed by atoms with E-state index < -0.39 is 0 Å². The number of fused-ring (bicyclic) bond motifs is 1. The molecule has 0 spiro atoms. The molecule has 26 heavy (non-hydrogen) atoms. The first kappa shape index (κ1) is 16.5. The van der Waals surface area contributed by atoms with E-state index in [9.17, 15) is 9.18 Å². The molecule has 0 bridgehead atoms. The summed E-state index contributed by atoms with van der Waals surface area (Å²) in [6.45, 7) is 0.491. The van der Waals surface area contributed by atoms with Gasteiger partial charge in [0.05, 0.1) is 17.2 Å². The molecule has 1 N–H and O–H groups in total. The molecule has 0 saturated carbocycles. The molecule has 8 heteroatoms. The Kier molecular flexibility index (Phi) is 4.49. The van der Waals surface area contributed by atoms with Crippen molar-refractivity contribution in [3.8, 4) is 11.4 Å². The lowest BCUT2D eigenvalue weighted by molar-refractivity contribution is 0.628. The van der Waals surface area contributed by atoms with Gasteiger partial charge >= 0.3 is 0 Å². The molecule has 0 unspecified atom stereocenters. The lowest BCUT2D eigenvalue weighted by Crippen LogP contribution is -2.21. The van der Waals surface area contributed by atoms with E-state index in [2.05, 4.69) is 20.2 Å². The van der Waals surface area contributed by atoms with E-state index in [1.165, 1.54) is 23.9 Å². The number of nitrogens with one attached hydrogen (secondary N) is 1. The number of halogens is 1. The number of aromatic nitrogens is 5. The van der Waals surface area contributed by atoms with Gasteiger partial charge in [0.25, 0.3) is 5.56 Å². The molecule has 0 aliphatic rings. The molecular weight excluding hydrogens is 353 g/mol. The molecule has 130 valence electrons. The first-order chi connectivity index (χ1) is 12.7. The van der Waals surface area contributed by atoms with Crippen LogP contribution < -0.4 is 5.56 Å². The van der Waals surface area contributed by atoms with Crippen LogP contribution in [0, 0.1) is 5.82 Å².